The lowest BCUT2D eigenvalue weighted by Crippen LogP contribution is -2.43. The minimum absolute atomic E-state index is 0.131. The highest BCUT2D eigenvalue weighted by Crippen LogP contribution is 2.24. The van der Waals surface area contributed by atoms with E-state index in [0.29, 0.717) is 12.4 Å². The molecule has 2 amide bonds. The highest BCUT2D eigenvalue weighted by Gasteiger charge is 2.26. The third-order valence-electron chi connectivity index (χ3n) is 4.61. The van der Waals surface area contributed by atoms with E-state index in [1.54, 1.807) is 17.1 Å². The molecule has 0 atom stereocenters. The molecule has 0 saturated heterocycles. The van der Waals surface area contributed by atoms with Crippen LogP contribution in [-0.2, 0) is 6.54 Å². The van der Waals surface area contributed by atoms with Crippen LogP contribution in [-0.4, -0.2) is 37.0 Å². The molecule has 25 heavy (non-hydrogen) atoms. The van der Waals surface area contributed by atoms with Crippen LogP contribution in [0.2, 0.25) is 0 Å². The second-order valence-electron chi connectivity index (χ2n) is 6.85. The Morgan fingerprint density at radius 3 is 2.76 bits per heavy atom. The van der Waals surface area contributed by atoms with Crippen LogP contribution in [0.15, 0.2) is 30.6 Å². The number of pyridine rings is 1. The molecule has 1 aliphatic carbocycles. The van der Waals surface area contributed by atoms with E-state index in [2.05, 4.69) is 20.6 Å². The highest BCUT2D eigenvalue weighted by atomic mass is 16.2. The first-order chi connectivity index (χ1) is 12.1. The van der Waals surface area contributed by atoms with Crippen LogP contribution < -0.4 is 5.32 Å². The number of amides is 2. The maximum Gasteiger partial charge on any atom is 0.323 e. The fourth-order valence-electron chi connectivity index (χ4n) is 3.19. The molecule has 0 aliphatic heterocycles. The van der Waals surface area contributed by atoms with Gasteiger partial charge < -0.3 is 4.90 Å². The predicted octanol–water partition coefficient (Wildman–Crippen LogP) is 3.62. The Morgan fingerprint density at radius 1 is 1.32 bits per heavy atom. The van der Waals surface area contributed by atoms with E-state index in [9.17, 15) is 4.79 Å². The minimum atomic E-state index is -0.131. The van der Waals surface area contributed by atoms with E-state index in [0.717, 1.165) is 18.5 Å². The van der Waals surface area contributed by atoms with Crippen LogP contribution in [0.1, 0.15) is 57.7 Å². The van der Waals surface area contributed by atoms with Gasteiger partial charge in [0, 0.05) is 18.3 Å². The summed E-state index contributed by atoms with van der Waals surface area (Å²) in [5.74, 6) is 0.487. The largest absolute Gasteiger partial charge is 0.323 e. The Balaban J connectivity index is 1.73. The zero-order valence-corrected chi connectivity index (χ0v) is 14.9. The molecule has 2 aromatic heterocycles. The van der Waals surface area contributed by atoms with Crippen LogP contribution in [0.25, 0.3) is 0 Å². The van der Waals surface area contributed by atoms with Gasteiger partial charge in [0.1, 0.15) is 0 Å². The molecule has 1 N–H and O–H groups in total. The van der Waals surface area contributed by atoms with Gasteiger partial charge in [-0.15, -0.1) is 5.10 Å². The van der Waals surface area contributed by atoms with Crippen molar-refractivity contribution in [1.82, 2.24) is 24.9 Å². The minimum Gasteiger partial charge on any atom is -0.316 e. The van der Waals surface area contributed by atoms with Crippen molar-refractivity contribution in [2.45, 2.75) is 64.6 Å². The van der Waals surface area contributed by atoms with Crippen molar-refractivity contribution >= 4 is 11.8 Å². The van der Waals surface area contributed by atoms with Gasteiger partial charge in [0.05, 0.1) is 18.4 Å². The molecule has 7 nitrogen and oxygen atoms in total. The molecular formula is C18H26N6O. The second kappa shape index (κ2) is 8.09. The van der Waals surface area contributed by atoms with Gasteiger partial charge in [-0.25, -0.2) is 9.48 Å². The molecular weight excluding hydrogens is 316 g/mol. The quantitative estimate of drug-likeness (QED) is 0.900. The number of aromatic nitrogens is 4. The molecule has 1 fully saturated rings. The number of nitrogens with one attached hydrogen (secondary N) is 1. The average molecular weight is 342 g/mol. The summed E-state index contributed by atoms with van der Waals surface area (Å²) in [5.41, 5.74) is 0.897. The lowest BCUT2D eigenvalue weighted by atomic mass is 9.94. The highest BCUT2D eigenvalue weighted by molar-refractivity contribution is 5.88. The Bertz CT molecular complexity index is 678. The van der Waals surface area contributed by atoms with Gasteiger partial charge in [-0.3, -0.25) is 10.3 Å². The fourth-order valence-corrected chi connectivity index (χ4v) is 3.19. The molecule has 1 aliphatic rings. The lowest BCUT2D eigenvalue weighted by molar-refractivity contribution is 0.161. The summed E-state index contributed by atoms with van der Waals surface area (Å²) < 4.78 is 1.74. The monoisotopic (exact) mass is 342 g/mol. The number of nitrogens with zero attached hydrogens (tertiary/aromatic N) is 5. The zero-order chi connectivity index (χ0) is 17.6. The first-order valence-corrected chi connectivity index (χ1v) is 9.03. The summed E-state index contributed by atoms with van der Waals surface area (Å²) in [6.07, 6.45) is 9.19. The second-order valence-corrected chi connectivity index (χ2v) is 6.85. The fraction of sp³-hybridized carbons (Fsp3) is 0.556. The van der Waals surface area contributed by atoms with Crippen molar-refractivity contribution in [2.24, 2.45) is 0 Å². The summed E-state index contributed by atoms with van der Waals surface area (Å²) in [6.45, 7) is 4.56. The summed E-state index contributed by atoms with van der Waals surface area (Å²) in [7, 11) is 0. The van der Waals surface area contributed by atoms with Gasteiger partial charge in [0.2, 0.25) is 0 Å². The zero-order valence-electron chi connectivity index (χ0n) is 14.9. The number of hydrogen-bond donors (Lipinski definition) is 1. The molecule has 134 valence electrons. The SMILES string of the molecule is CC(C)n1cc(NC(=O)N(Cc2ccccn2)C2CCCCC2)nn1. The number of urea groups is 1. The first-order valence-electron chi connectivity index (χ1n) is 9.03. The van der Waals surface area contributed by atoms with Gasteiger partial charge in [-0.05, 0) is 38.8 Å². The lowest BCUT2D eigenvalue weighted by Gasteiger charge is -2.34. The summed E-state index contributed by atoms with van der Waals surface area (Å²) in [5, 5.41) is 11.0. The maximum atomic E-state index is 12.9. The molecule has 7 heteroatoms. The molecule has 1 saturated carbocycles. The topological polar surface area (TPSA) is 75.9 Å². The number of rotatable bonds is 5. The molecule has 0 unspecified atom stereocenters. The molecule has 0 aromatic carbocycles. The number of carbonyl (C=O) groups is 1. The van der Waals surface area contributed by atoms with Gasteiger partial charge in [0.15, 0.2) is 5.82 Å². The molecule has 2 aromatic rings. The van der Waals surface area contributed by atoms with Gasteiger partial charge in [-0.2, -0.15) is 0 Å². The van der Waals surface area contributed by atoms with Crippen molar-refractivity contribution in [3.05, 3.63) is 36.3 Å². The summed E-state index contributed by atoms with van der Waals surface area (Å²) in [6, 6.07) is 6.12. The first kappa shape index (κ1) is 17.4. The maximum absolute atomic E-state index is 12.9. The van der Waals surface area contributed by atoms with Crippen molar-refractivity contribution in [2.75, 3.05) is 5.32 Å². The van der Waals surface area contributed by atoms with Crippen molar-refractivity contribution in [1.29, 1.82) is 0 Å². The van der Waals surface area contributed by atoms with Crippen LogP contribution >= 0.6 is 0 Å². The normalized spacial score (nSPS) is 15.3. The van der Waals surface area contributed by atoms with E-state index in [1.165, 1.54) is 19.3 Å². The summed E-state index contributed by atoms with van der Waals surface area (Å²) in [4.78, 5) is 19.2. The van der Waals surface area contributed by atoms with Crippen LogP contribution in [0.4, 0.5) is 10.6 Å². The number of hydrogen-bond acceptors (Lipinski definition) is 4. The molecule has 0 spiro atoms. The van der Waals surface area contributed by atoms with E-state index in [4.69, 9.17) is 0 Å². The van der Waals surface area contributed by atoms with Gasteiger partial charge in [-0.1, -0.05) is 30.5 Å². The van der Waals surface area contributed by atoms with Crippen molar-refractivity contribution < 1.29 is 4.79 Å². The van der Waals surface area contributed by atoms with Crippen molar-refractivity contribution in [3.63, 3.8) is 0 Å². The number of anilines is 1. The van der Waals surface area contributed by atoms with Crippen LogP contribution in [0.5, 0.6) is 0 Å². The summed E-state index contributed by atoms with van der Waals surface area (Å²) >= 11 is 0. The third kappa shape index (κ3) is 4.55. The van der Waals surface area contributed by atoms with E-state index in [1.807, 2.05) is 36.9 Å². The van der Waals surface area contributed by atoms with Crippen LogP contribution in [0, 0.1) is 0 Å². The van der Waals surface area contributed by atoms with Gasteiger partial charge in [0.25, 0.3) is 0 Å². The van der Waals surface area contributed by atoms with E-state index in [-0.39, 0.29) is 18.1 Å². The predicted molar refractivity (Wildman–Crippen MR) is 96.1 cm³/mol. The molecule has 3 rings (SSSR count). The molecule has 2 heterocycles. The Morgan fingerprint density at radius 2 is 2.12 bits per heavy atom. The molecule has 0 radical (unpaired) electrons. The Hall–Kier alpha value is -2.44. The van der Waals surface area contributed by atoms with E-state index >= 15 is 0 Å². The Labute approximate surface area is 148 Å². The third-order valence-corrected chi connectivity index (χ3v) is 4.61. The standard InChI is InChI=1S/C18H26N6O/c1-14(2)24-13-17(21-22-24)20-18(25)23(16-9-4-3-5-10-16)12-15-8-6-7-11-19-15/h6-8,11,13-14,16H,3-5,9-10,12H2,1-2H3,(H,20,25). The van der Waals surface area contributed by atoms with Gasteiger partial charge >= 0.3 is 6.03 Å². The number of carbonyl (C=O) groups excluding carboxylic acids is 1. The smallest absolute Gasteiger partial charge is 0.316 e. The average Bonchev–Trinajstić information content (AvgIpc) is 3.10. The molecule has 0 bridgehead atoms. The van der Waals surface area contributed by atoms with E-state index < -0.39 is 0 Å². The van der Waals surface area contributed by atoms with Crippen LogP contribution in [0.3, 0.4) is 0 Å². The van der Waals surface area contributed by atoms with Crippen molar-refractivity contribution in [3.8, 4) is 0 Å². The Kier molecular flexibility index (Phi) is 5.63.